The van der Waals surface area contributed by atoms with E-state index in [9.17, 15) is 14.4 Å². The van der Waals surface area contributed by atoms with Crippen LogP contribution in [-0.2, 0) is 14.4 Å². The van der Waals surface area contributed by atoms with Crippen LogP contribution in [0.25, 0.3) is 0 Å². The van der Waals surface area contributed by atoms with Gasteiger partial charge >= 0.3 is 5.97 Å². The summed E-state index contributed by atoms with van der Waals surface area (Å²) in [5, 5.41) is 8.67. The molecule has 106 valence electrons. The molecular weight excluding hydrogens is 248 g/mol. The first kappa shape index (κ1) is 13.8. The monoisotopic (exact) mass is 268 g/mol. The van der Waals surface area contributed by atoms with Gasteiger partial charge in [-0.15, -0.1) is 0 Å². The minimum Gasteiger partial charge on any atom is -0.481 e. The molecule has 0 bridgehead atoms. The molecule has 1 atom stereocenters. The Morgan fingerprint density at radius 1 is 1.42 bits per heavy atom. The maximum atomic E-state index is 12.3. The molecule has 0 aromatic rings. The van der Waals surface area contributed by atoms with Crippen LogP contribution < -0.4 is 0 Å². The molecule has 19 heavy (non-hydrogen) atoms. The Morgan fingerprint density at radius 2 is 2.11 bits per heavy atom. The van der Waals surface area contributed by atoms with E-state index < -0.39 is 5.97 Å². The van der Waals surface area contributed by atoms with E-state index in [2.05, 4.69) is 0 Å². The van der Waals surface area contributed by atoms with Crippen LogP contribution in [0.2, 0.25) is 0 Å². The summed E-state index contributed by atoms with van der Waals surface area (Å²) in [4.78, 5) is 38.0. The van der Waals surface area contributed by atoms with Crippen LogP contribution in [0.1, 0.15) is 32.6 Å². The second-order valence-electron chi connectivity index (χ2n) is 5.24. The number of hydrogen-bond donors (Lipinski definition) is 1. The first-order valence-corrected chi connectivity index (χ1v) is 6.83. The van der Waals surface area contributed by atoms with Crippen molar-refractivity contribution in [2.75, 3.05) is 19.6 Å². The van der Waals surface area contributed by atoms with Crippen LogP contribution >= 0.6 is 0 Å². The van der Waals surface area contributed by atoms with Gasteiger partial charge in [0.1, 0.15) is 0 Å². The van der Waals surface area contributed by atoms with Crippen LogP contribution in [0.3, 0.4) is 0 Å². The number of hydrogen-bond acceptors (Lipinski definition) is 3. The Balaban J connectivity index is 1.90. The third-order valence-electron chi connectivity index (χ3n) is 3.78. The molecule has 0 aromatic heterocycles. The van der Waals surface area contributed by atoms with Gasteiger partial charge in [-0.05, 0) is 19.8 Å². The van der Waals surface area contributed by atoms with Gasteiger partial charge in [-0.1, -0.05) is 0 Å². The summed E-state index contributed by atoms with van der Waals surface area (Å²) in [6.07, 6.45) is 2.32. The van der Waals surface area contributed by atoms with E-state index in [-0.39, 0.29) is 37.1 Å². The van der Waals surface area contributed by atoms with E-state index in [1.54, 1.807) is 4.90 Å². The van der Waals surface area contributed by atoms with E-state index in [0.29, 0.717) is 19.1 Å². The quantitative estimate of drug-likeness (QED) is 0.752. The molecule has 1 aliphatic heterocycles. The third-order valence-corrected chi connectivity index (χ3v) is 3.78. The summed E-state index contributed by atoms with van der Waals surface area (Å²) in [6, 6.07) is 0.347. The molecule has 0 radical (unpaired) electrons. The fraction of sp³-hybridized carbons (Fsp3) is 0.769. The van der Waals surface area contributed by atoms with E-state index in [0.717, 1.165) is 12.8 Å². The van der Waals surface area contributed by atoms with Gasteiger partial charge in [-0.2, -0.15) is 0 Å². The SMILES string of the molecule is CCN(CCC(=O)O)C(=O)C1CC(=O)N(C2CC2)C1. The molecule has 6 heteroatoms. The van der Waals surface area contributed by atoms with Crippen molar-refractivity contribution in [3.63, 3.8) is 0 Å². The van der Waals surface area contributed by atoms with Crippen LogP contribution in [0.4, 0.5) is 0 Å². The van der Waals surface area contributed by atoms with Crippen molar-refractivity contribution in [2.45, 2.75) is 38.6 Å². The molecular formula is C13H20N2O4. The topological polar surface area (TPSA) is 77.9 Å². The van der Waals surface area contributed by atoms with Crippen molar-refractivity contribution in [3.05, 3.63) is 0 Å². The fourth-order valence-electron chi connectivity index (χ4n) is 2.55. The lowest BCUT2D eigenvalue weighted by molar-refractivity contribution is -0.140. The molecule has 1 N–H and O–H groups in total. The molecule has 1 aliphatic carbocycles. The standard InChI is InChI=1S/C13H20N2O4/c1-2-14(6-5-12(17)18)13(19)9-7-11(16)15(8-9)10-3-4-10/h9-10H,2-8H2,1H3,(H,17,18). The van der Waals surface area contributed by atoms with E-state index >= 15 is 0 Å². The van der Waals surface area contributed by atoms with Gasteiger partial charge in [0, 0.05) is 32.1 Å². The zero-order valence-corrected chi connectivity index (χ0v) is 11.2. The molecule has 0 aromatic carbocycles. The van der Waals surface area contributed by atoms with Gasteiger partial charge < -0.3 is 14.9 Å². The molecule has 2 amide bonds. The third kappa shape index (κ3) is 3.24. The first-order chi connectivity index (χ1) is 9.02. The Bertz CT molecular complexity index is 392. The summed E-state index contributed by atoms with van der Waals surface area (Å²) >= 11 is 0. The van der Waals surface area contributed by atoms with Gasteiger partial charge in [0.2, 0.25) is 11.8 Å². The van der Waals surface area contributed by atoms with Crippen molar-refractivity contribution in [3.8, 4) is 0 Å². The van der Waals surface area contributed by atoms with Gasteiger partial charge in [0.05, 0.1) is 12.3 Å². The number of carboxylic acids is 1. The summed E-state index contributed by atoms with van der Waals surface area (Å²) in [5.74, 6) is -1.22. The molecule has 2 rings (SSSR count). The van der Waals surface area contributed by atoms with Crippen molar-refractivity contribution >= 4 is 17.8 Å². The second kappa shape index (κ2) is 5.59. The highest BCUT2D eigenvalue weighted by atomic mass is 16.4. The van der Waals surface area contributed by atoms with Gasteiger partial charge in [0.25, 0.3) is 0 Å². The van der Waals surface area contributed by atoms with Crippen molar-refractivity contribution in [1.29, 1.82) is 0 Å². The largest absolute Gasteiger partial charge is 0.481 e. The number of aliphatic carboxylic acids is 1. The van der Waals surface area contributed by atoms with E-state index in [4.69, 9.17) is 5.11 Å². The highest BCUT2D eigenvalue weighted by Crippen LogP contribution is 2.33. The molecule has 2 fully saturated rings. The molecule has 1 unspecified atom stereocenters. The summed E-state index contributed by atoms with van der Waals surface area (Å²) in [6.45, 7) is 3.04. The average Bonchev–Trinajstić information content (AvgIpc) is 3.13. The summed E-state index contributed by atoms with van der Waals surface area (Å²) < 4.78 is 0. The minimum atomic E-state index is -0.909. The number of amides is 2. The van der Waals surface area contributed by atoms with Crippen LogP contribution in [0.15, 0.2) is 0 Å². The van der Waals surface area contributed by atoms with Gasteiger partial charge in [-0.25, -0.2) is 0 Å². The predicted octanol–water partition coefficient (Wildman–Crippen LogP) is 0.320. The number of carboxylic acid groups (broad SMARTS) is 1. The highest BCUT2D eigenvalue weighted by molar-refractivity contribution is 5.89. The van der Waals surface area contributed by atoms with E-state index in [1.807, 2.05) is 11.8 Å². The highest BCUT2D eigenvalue weighted by Gasteiger charge is 2.42. The van der Waals surface area contributed by atoms with Crippen molar-refractivity contribution in [2.24, 2.45) is 5.92 Å². The Labute approximate surface area is 112 Å². The zero-order valence-electron chi connectivity index (χ0n) is 11.2. The Hall–Kier alpha value is -1.59. The number of nitrogens with zero attached hydrogens (tertiary/aromatic N) is 2. The lowest BCUT2D eigenvalue weighted by atomic mass is 10.1. The molecule has 1 heterocycles. The van der Waals surface area contributed by atoms with Crippen LogP contribution in [0, 0.1) is 5.92 Å². The van der Waals surface area contributed by atoms with Gasteiger partial charge in [-0.3, -0.25) is 14.4 Å². The van der Waals surface area contributed by atoms with Crippen molar-refractivity contribution in [1.82, 2.24) is 9.80 Å². The molecule has 2 aliphatic rings. The lowest BCUT2D eigenvalue weighted by Gasteiger charge is -2.23. The molecule has 0 spiro atoms. The lowest BCUT2D eigenvalue weighted by Crippen LogP contribution is -2.38. The molecule has 1 saturated heterocycles. The smallest absolute Gasteiger partial charge is 0.305 e. The summed E-state index contributed by atoms with van der Waals surface area (Å²) in [7, 11) is 0. The summed E-state index contributed by atoms with van der Waals surface area (Å²) in [5.41, 5.74) is 0. The Morgan fingerprint density at radius 3 is 2.63 bits per heavy atom. The van der Waals surface area contributed by atoms with Crippen LogP contribution in [0.5, 0.6) is 0 Å². The number of carbonyl (C=O) groups is 3. The average molecular weight is 268 g/mol. The number of carbonyl (C=O) groups excluding carboxylic acids is 2. The fourth-order valence-corrected chi connectivity index (χ4v) is 2.55. The molecule has 6 nitrogen and oxygen atoms in total. The zero-order chi connectivity index (χ0) is 14.0. The maximum absolute atomic E-state index is 12.3. The van der Waals surface area contributed by atoms with Gasteiger partial charge in [0.15, 0.2) is 0 Å². The van der Waals surface area contributed by atoms with Crippen molar-refractivity contribution < 1.29 is 19.5 Å². The van der Waals surface area contributed by atoms with Crippen LogP contribution in [-0.4, -0.2) is 58.4 Å². The normalized spacial score (nSPS) is 22.7. The second-order valence-corrected chi connectivity index (χ2v) is 5.24. The predicted molar refractivity (Wildman–Crippen MR) is 67.3 cm³/mol. The Kier molecular flexibility index (Phi) is 4.07. The minimum absolute atomic E-state index is 0.0490. The number of likely N-dealkylation sites (tertiary alicyclic amines) is 1. The number of rotatable bonds is 6. The van der Waals surface area contributed by atoms with E-state index in [1.165, 1.54) is 0 Å². The molecule has 1 saturated carbocycles. The first-order valence-electron chi connectivity index (χ1n) is 6.83. The maximum Gasteiger partial charge on any atom is 0.305 e.